The molecule has 2 unspecified atom stereocenters. The fourth-order valence-electron chi connectivity index (χ4n) is 5.71. The van der Waals surface area contributed by atoms with Gasteiger partial charge in [0.2, 0.25) is 26.0 Å². The highest BCUT2D eigenvalue weighted by molar-refractivity contribution is 7.92. The standard InChI is InChI=1S/C22H33N3O6S2/c1-15-11-16(2)20(17(3)19(15)23-32(4,27)28)33(29,30)25-12-18-13-31-10-7-22(18,14-25)21(26)24-8-5-6-9-24/h11,18,23H,5-10,12-14H2,1-4H3. The Hall–Kier alpha value is -1.69. The van der Waals surface area contributed by atoms with Crippen LogP contribution in [0.3, 0.4) is 0 Å². The molecule has 1 N–H and O–H groups in total. The van der Waals surface area contributed by atoms with Crippen molar-refractivity contribution in [2.24, 2.45) is 11.3 Å². The molecule has 1 aromatic carbocycles. The zero-order valence-corrected chi connectivity index (χ0v) is 21.3. The van der Waals surface area contributed by atoms with Gasteiger partial charge in [0.15, 0.2) is 0 Å². The number of rotatable bonds is 5. The molecule has 3 aliphatic rings. The lowest BCUT2D eigenvalue weighted by atomic mass is 9.73. The summed E-state index contributed by atoms with van der Waals surface area (Å²) in [5, 5.41) is 0. The highest BCUT2D eigenvalue weighted by atomic mass is 32.2. The summed E-state index contributed by atoms with van der Waals surface area (Å²) in [7, 11) is -7.57. The van der Waals surface area contributed by atoms with Crippen molar-refractivity contribution in [1.29, 1.82) is 0 Å². The number of amides is 1. The third-order valence-electron chi connectivity index (χ3n) is 7.28. The van der Waals surface area contributed by atoms with Gasteiger partial charge in [0.05, 0.1) is 28.9 Å². The Balaban J connectivity index is 1.74. The average Bonchev–Trinajstić information content (AvgIpc) is 3.38. The number of ether oxygens (including phenoxy) is 1. The molecule has 3 heterocycles. The number of nitrogens with one attached hydrogen (secondary N) is 1. The minimum Gasteiger partial charge on any atom is -0.381 e. The second-order valence-electron chi connectivity index (χ2n) is 9.69. The number of anilines is 1. The lowest BCUT2D eigenvalue weighted by Gasteiger charge is -2.39. The van der Waals surface area contributed by atoms with E-state index in [1.807, 2.05) is 4.90 Å². The van der Waals surface area contributed by atoms with Crippen LogP contribution in [0.1, 0.15) is 36.0 Å². The topological polar surface area (TPSA) is 113 Å². The summed E-state index contributed by atoms with van der Waals surface area (Å²) >= 11 is 0. The number of aryl methyl sites for hydroxylation is 2. The van der Waals surface area contributed by atoms with Crippen LogP contribution in [-0.4, -0.2) is 77.6 Å². The van der Waals surface area contributed by atoms with E-state index in [1.54, 1.807) is 26.8 Å². The van der Waals surface area contributed by atoms with Gasteiger partial charge in [-0.3, -0.25) is 9.52 Å². The molecular formula is C22H33N3O6S2. The van der Waals surface area contributed by atoms with Gasteiger partial charge >= 0.3 is 0 Å². The molecule has 33 heavy (non-hydrogen) atoms. The molecule has 2 atom stereocenters. The molecule has 11 heteroatoms. The van der Waals surface area contributed by atoms with Crippen molar-refractivity contribution >= 4 is 31.6 Å². The number of hydrogen-bond donors (Lipinski definition) is 1. The Kier molecular flexibility index (Phi) is 6.30. The molecule has 1 amide bonds. The van der Waals surface area contributed by atoms with E-state index < -0.39 is 25.5 Å². The molecular weight excluding hydrogens is 466 g/mol. The summed E-state index contributed by atoms with van der Waals surface area (Å²) in [5.74, 6) is -0.156. The largest absolute Gasteiger partial charge is 0.381 e. The summed E-state index contributed by atoms with van der Waals surface area (Å²) in [6, 6.07) is 1.69. The van der Waals surface area contributed by atoms with E-state index in [0.29, 0.717) is 36.3 Å². The third kappa shape index (κ3) is 4.28. The number of fused-ring (bicyclic) bond motifs is 1. The molecule has 3 aliphatic heterocycles. The van der Waals surface area contributed by atoms with Gasteiger partial charge in [-0.25, -0.2) is 16.8 Å². The van der Waals surface area contributed by atoms with Gasteiger partial charge in [-0.1, -0.05) is 6.07 Å². The molecule has 3 fully saturated rings. The summed E-state index contributed by atoms with van der Waals surface area (Å²) in [5.41, 5.74) is 1.08. The first-order chi connectivity index (χ1) is 15.4. The normalized spacial score (nSPS) is 26.4. The zero-order valence-electron chi connectivity index (χ0n) is 19.7. The highest BCUT2D eigenvalue weighted by Gasteiger charge is 2.57. The van der Waals surface area contributed by atoms with E-state index in [4.69, 9.17) is 4.74 Å². The maximum Gasteiger partial charge on any atom is 0.243 e. The van der Waals surface area contributed by atoms with Crippen molar-refractivity contribution in [3.8, 4) is 0 Å². The lowest BCUT2D eigenvalue weighted by molar-refractivity contribution is -0.149. The molecule has 0 aliphatic carbocycles. The minimum atomic E-state index is -3.98. The van der Waals surface area contributed by atoms with Crippen LogP contribution in [-0.2, 0) is 29.6 Å². The molecule has 0 saturated carbocycles. The molecule has 0 bridgehead atoms. The number of nitrogens with zero attached hydrogens (tertiary/aromatic N) is 2. The predicted molar refractivity (Wildman–Crippen MR) is 125 cm³/mol. The molecule has 9 nitrogen and oxygen atoms in total. The van der Waals surface area contributed by atoms with Crippen molar-refractivity contribution in [3.05, 3.63) is 22.8 Å². The summed E-state index contributed by atoms with van der Waals surface area (Å²) in [4.78, 5) is 15.6. The minimum absolute atomic E-state index is 0.0442. The van der Waals surface area contributed by atoms with E-state index in [1.165, 1.54) is 4.31 Å². The number of hydrogen-bond acceptors (Lipinski definition) is 6. The Labute approximate surface area is 196 Å². The first-order valence-electron chi connectivity index (χ1n) is 11.3. The molecule has 0 spiro atoms. The van der Waals surface area contributed by atoms with Gasteiger partial charge in [-0.05, 0) is 56.7 Å². The number of carbonyl (C=O) groups excluding carboxylic acids is 1. The van der Waals surface area contributed by atoms with Crippen LogP contribution in [0.5, 0.6) is 0 Å². The molecule has 0 aromatic heterocycles. The Morgan fingerprint density at radius 3 is 2.42 bits per heavy atom. The Bertz CT molecular complexity index is 1180. The number of likely N-dealkylation sites (tertiary alicyclic amines) is 1. The molecule has 184 valence electrons. The van der Waals surface area contributed by atoms with Crippen LogP contribution in [0.2, 0.25) is 0 Å². The van der Waals surface area contributed by atoms with E-state index in [2.05, 4.69) is 4.72 Å². The van der Waals surface area contributed by atoms with E-state index in [0.717, 1.165) is 32.2 Å². The van der Waals surface area contributed by atoms with Crippen molar-refractivity contribution < 1.29 is 26.4 Å². The lowest BCUT2D eigenvalue weighted by Crippen LogP contribution is -2.51. The highest BCUT2D eigenvalue weighted by Crippen LogP contribution is 2.46. The SMILES string of the molecule is Cc1cc(C)c(S(=O)(=O)N2CC3COCCC3(C(=O)N3CCCC3)C2)c(C)c1NS(C)(=O)=O. The van der Waals surface area contributed by atoms with Crippen LogP contribution in [0.4, 0.5) is 5.69 Å². The average molecular weight is 500 g/mol. The van der Waals surface area contributed by atoms with Gasteiger partial charge in [-0.2, -0.15) is 4.31 Å². The molecule has 4 rings (SSSR count). The number of sulfonamides is 2. The van der Waals surface area contributed by atoms with Crippen LogP contribution >= 0.6 is 0 Å². The van der Waals surface area contributed by atoms with Crippen LogP contribution in [0.15, 0.2) is 11.0 Å². The Morgan fingerprint density at radius 2 is 1.79 bits per heavy atom. The second-order valence-corrected chi connectivity index (χ2v) is 13.3. The second kappa shape index (κ2) is 8.51. The monoisotopic (exact) mass is 499 g/mol. The maximum atomic E-state index is 13.9. The van der Waals surface area contributed by atoms with Gasteiger partial charge < -0.3 is 9.64 Å². The maximum absolute atomic E-state index is 13.9. The van der Waals surface area contributed by atoms with Crippen LogP contribution in [0.25, 0.3) is 0 Å². The number of carbonyl (C=O) groups is 1. The molecule has 3 saturated heterocycles. The predicted octanol–water partition coefficient (Wildman–Crippen LogP) is 1.63. The van der Waals surface area contributed by atoms with Crippen molar-refractivity contribution in [2.45, 2.75) is 44.9 Å². The van der Waals surface area contributed by atoms with Crippen LogP contribution in [0, 0.1) is 32.1 Å². The summed E-state index contributed by atoms with van der Waals surface area (Å²) < 4.78 is 61.2. The quantitative estimate of drug-likeness (QED) is 0.659. The van der Waals surface area contributed by atoms with Gasteiger partial charge in [-0.15, -0.1) is 0 Å². The van der Waals surface area contributed by atoms with Crippen molar-refractivity contribution in [1.82, 2.24) is 9.21 Å². The van der Waals surface area contributed by atoms with Crippen molar-refractivity contribution in [3.63, 3.8) is 0 Å². The summed E-state index contributed by atoms with van der Waals surface area (Å²) in [6.45, 7) is 7.66. The van der Waals surface area contributed by atoms with Gasteiger partial charge in [0, 0.05) is 38.7 Å². The molecule has 1 aromatic rings. The van der Waals surface area contributed by atoms with Crippen LogP contribution < -0.4 is 4.72 Å². The smallest absolute Gasteiger partial charge is 0.243 e. The van der Waals surface area contributed by atoms with Gasteiger partial charge in [0.1, 0.15) is 0 Å². The van der Waals surface area contributed by atoms with E-state index in [-0.39, 0.29) is 35.5 Å². The fraction of sp³-hybridized carbons (Fsp3) is 0.682. The van der Waals surface area contributed by atoms with Gasteiger partial charge in [0.25, 0.3) is 0 Å². The summed E-state index contributed by atoms with van der Waals surface area (Å²) in [6.07, 6.45) is 3.50. The Morgan fingerprint density at radius 1 is 1.12 bits per heavy atom. The zero-order chi connectivity index (χ0) is 24.2. The van der Waals surface area contributed by atoms with Crippen molar-refractivity contribution in [2.75, 3.05) is 50.4 Å². The molecule has 0 radical (unpaired) electrons. The fourth-order valence-corrected chi connectivity index (χ4v) is 8.38. The third-order valence-corrected chi connectivity index (χ3v) is 9.96. The first kappa shape index (κ1) is 24.4. The van der Waals surface area contributed by atoms with E-state index in [9.17, 15) is 21.6 Å². The first-order valence-corrected chi connectivity index (χ1v) is 14.7. The van der Waals surface area contributed by atoms with E-state index >= 15 is 0 Å². The number of benzene rings is 1.